The van der Waals surface area contributed by atoms with Crippen molar-refractivity contribution in [1.29, 1.82) is 0 Å². The lowest BCUT2D eigenvalue weighted by molar-refractivity contribution is 0.103. The highest BCUT2D eigenvalue weighted by molar-refractivity contribution is 9.10. The van der Waals surface area contributed by atoms with Crippen LogP contribution < -0.4 is 10.5 Å². The molecule has 0 aromatic heterocycles. The zero-order chi connectivity index (χ0) is 15.7. The summed E-state index contributed by atoms with van der Waals surface area (Å²) in [6.07, 6.45) is 0. The fourth-order valence-corrected chi connectivity index (χ4v) is 2.56. The van der Waals surface area contributed by atoms with Crippen LogP contribution in [0.3, 0.4) is 0 Å². The normalized spacial score (nSPS) is 10.5. The molecule has 0 spiro atoms. The summed E-state index contributed by atoms with van der Waals surface area (Å²) in [6, 6.07) is 5.29. The highest BCUT2D eigenvalue weighted by Crippen LogP contribution is 2.34. The van der Waals surface area contributed by atoms with Gasteiger partial charge in [-0.3, -0.25) is 4.79 Å². The Bertz CT molecular complexity index is 737. The van der Waals surface area contributed by atoms with E-state index in [1.54, 1.807) is 0 Å². The smallest absolute Gasteiger partial charge is 0.198 e. The molecule has 0 aliphatic heterocycles. The second-order valence-corrected chi connectivity index (χ2v) is 5.80. The average Bonchev–Trinajstić information content (AvgIpc) is 2.44. The molecule has 0 radical (unpaired) electrons. The van der Waals surface area contributed by atoms with Gasteiger partial charge in [-0.15, -0.1) is 0 Å². The van der Waals surface area contributed by atoms with Gasteiger partial charge in [0.15, 0.2) is 5.78 Å². The topological polar surface area (TPSA) is 52.3 Å². The number of halogens is 4. The van der Waals surface area contributed by atoms with Crippen LogP contribution in [0.1, 0.15) is 15.9 Å². The molecule has 2 aromatic carbocycles. The van der Waals surface area contributed by atoms with E-state index in [-0.39, 0.29) is 31.4 Å². The summed E-state index contributed by atoms with van der Waals surface area (Å²) in [4.78, 5) is 12.6. The van der Waals surface area contributed by atoms with Gasteiger partial charge < -0.3 is 10.5 Å². The first-order chi connectivity index (χ1) is 9.85. The molecule has 3 nitrogen and oxygen atoms in total. The highest BCUT2D eigenvalue weighted by atomic mass is 79.9. The maximum absolute atomic E-state index is 13.5. The largest absolute Gasteiger partial charge is 0.496 e. The molecule has 7 heteroatoms. The van der Waals surface area contributed by atoms with Gasteiger partial charge in [-0.05, 0) is 34.1 Å². The maximum atomic E-state index is 13.5. The fraction of sp³-hybridized carbons (Fsp3) is 0.0714. The van der Waals surface area contributed by atoms with Crippen molar-refractivity contribution in [1.82, 2.24) is 0 Å². The van der Waals surface area contributed by atoms with Crippen molar-refractivity contribution < 1.29 is 13.9 Å². The molecule has 0 atom stereocenters. The van der Waals surface area contributed by atoms with Gasteiger partial charge in [-0.25, -0.2) is 4.39 Å². The second-order valence-electron chi connectivity index (χ2n) is 4.16. The standard InChI is InChI=1S/C14H9BrCl2FNO2/c1-21-12-5-11(18)9(15)4-7(12)14(20)8-2-6(19)3-10(16)13(8)17/h2-5H,19H2,1H3. The molecule has 0 amide bonds. The lowest BCUT2D eigenvalue weighted by Gasteiger charge is -2.11. The Morgan fingerprint density at radius 1 is 1.24 bits per heavy atom. The Hall–Kier alpha value is -1.30. The van der Waals surface area contributed by atoms with Gasteiger partial charge in [-0.2, -0.15) is 0 Å². The lowest BCUT2D eigenvalue weighted by atomic mass is 10.0. The monoisotopic (exact) mass is 391 g/mol. The van der Waals surface area contributed by atoms with Gasteiger partial charge in [0.2, 0.25) is 0 Å². The second kappa shape index (κ2) is 6.22. The van der Waals surface area contributed by atoms with E-state index in [1.807, 2.05) is 0 Å². The Morgan fingerprint density at radius 3 is 2.52 bits per heavy atom. The molecule has 0 bridgehead atoms. The number of carbonyl (C=O) groups excluding carboxylic acids is 1. The van der Waals surface area contributed by atoms with Gasteiger partial charge in [0.25, 0.3) is 0 Å². The summed E-state index contributed by atoms with van der Waals surface area (Å²) in [6.45, 7) is 0. The number of benzene rings is 2. The summed E-state index contributed by atoms with van der Waals surface area (Å²) in [5.74, 6) is -0.915. The minimum absolute atomic E-state index is 0.0818. The van der Waals surface area contributed by atoms with Gasteiger partial charge in [0.05, 0.1) is 27.2 Å². The van der Waals surface area contributed by atoms with Crippen LogP contribution in [0.5, 0.6) is 5.75 Å². The first-order valence-corrected chi connectivity index (χ1v) is 7.22. The number of carbonyl (C=O) groups is 1. The van der Waals surface area contributed by atoms with E-state index in [1.165, 1.54) is 25.3 Å². The molecule has 110 valence electrons. The lowest BCUT2D eigenvalue weighted by Crippen LogP contribution is -2.07. The molecule has 0 aliphatic rings. The Balaban J connectivity index is 2.63. The van der Waals surface area contributed by atoms with Crippen LogP contribution in [0.15, 0.2) is 28.7 Å². The predicted octanol–water partition coefficient (Wildman–Crippen LogP) is 4.72. The fourth-order valence-electron chi connectivity index (χ4n) is 1.80. The number of methoxy groups -OCH3 is 1. The van der Waals surface area contributed by atoms with Gasteiger partial charge in [0.1, 0.15) is 11.6 Å². The summed E-state index contributed by atoms with van der Waals surface area (Å²) in [5.41, 5.74) is 6.24. The van der Waals surface area contributed by atoms with Crippen molar-refractivity contribution in [2.45, 2.75) is 0 Å². The van der Waals surface area contributed by atoms with Gasteiger partial charge in [-0.1, -0.05) is 23.2 Å². The summed E-state index contributed by atoms with van der Waals surface area (Å²) in [5, 5.41) is 0.249. The maximum Gasteiger partial charge on any atom is 0.198 e. The van der Waals surface area contributed by atoms with Crippen molar-refractivity contribution in [2.24, 2.45) is 0 Å². The number of rotatable bonds is 3. The van der Waals surface area contributed by atoms with Crippen LogP contribution in [0, 0.1) is 5.82 Å². The first kappa shape index (κ1) is 16.1. The molecule has 2 rings (SSSR count). The third kappa shape index (κ3) is 3.15. The van der Waals surface area contributed by atoms with E-state index in [9.17, 15) is 9.18 Å². The number of anilines is 1. The number of hydrogen-bond donors (Lipinski definition) is 1. The van der Waals surface area contributed by atoms with E-state index in [4.69, 9.17) is 33.7 Å². The van der Waals surface area contributed by atoms with E-state index in [0.29, 0.717) is 5.69 Å². The molecule has 0 saturated heterocycles. The van der Waals surface area contributed by atoms with Gasteiger partial charge >= 0.3 is 0 Å². The number of ketones is 1. The van der Waals surface area contributed by atoms with Crippen molar-refractivity contribution in [3.8, 4) is 5.75 Å². The predicted molar refractivity (Wildman–Crippen MR) is 85.0 cm³/mol. The van der Waals surface area contributed by atoms with Crippen LogP contribution in [0.4, 0.5) is 10.1 Å². The zero-order valence-corrected chi connectivity index (χ0v) is 13.8. The zero-order valence-electron chi connectivity index (χ0n) is 10.7. The third-order valence-corrected chi connectivity index (χ3v) is 4.19. The number of nitrogens with two attached hydrogens (primary N) is 1. The van der Waals surface area contributed by atoms with Crippen molar-refractivity contribution in [2.75, 3.05) is 12.8 Å². The molecule has 0 heterocycles. The molecule has 2 aromatic rings. The van der Waals surface area contributed by atoms with E-state index in [0.717, 1.165) is 6.07 Å². The van der Waals surface area contributed by atoms with Crippen LogP contribution >= 0.6 is 39.1 Å². The number of nitrogen functional groups attached to an aromatic ring is 1. The van der Waals surface area contributed by atoms with Crippen LogP contribution in [0.2, 0.25) is 10.0 Å². The van der Waals surface area contributed by atoms with Crippen LogP contribution in [0.25, 0.3) is 0 Å². The third-order valence-electron chi connectivity index (χ3n) is 2.78. The molecule has 21 heavy (non-hydrogen) atoms. The van der Waals surface area contributed by atoms with Crippen molar-refractivity contribution in [3.63, 3.8) is 0 Å². The first-order valence-electron chi connectivity index (χ1n) is 5.67. The van der Waals surface area contributed by atoms with Crippen molar-refractivity contribution >= 4 is 50.6 Å². The van der Waals surface area contributed by atoms with E-state index >= 15 is 0 Å². The van der Waals surface area contributed by atoms with Crippen LogP contribution in [-0.4, -0.2) is 12.9 Å². The molecule has 0 unspecified atom stereocenters. The SMILES string of the molecule is COc1cc(F)c(Br)cc1C(=O)c1cc(N)cc(Cl)c1Cl. The van der Waals surface area contributed by atoms with E-state index in [2.05, 4.69) is 15.9 Å². The summed E-state index contributed by atoms with van der Waals surface area (Å²) in [7, 11) is 1.34. The Kier molecular flexibility index (Phi) is 4.76. The summed E-state index contributed by atoms with van der Waals surface area (Å²) >= 11 is 15.0. The van der Waals surface area contributed by atoms with Gasteiger partial charge in [0, 0.05) is 17.3 Å². The highest BCUT2D eigenvalue weighted by Gasteiger charge is 2.21. The molecule has 2 N–H and O–H groups in total. The van der Waals surface area contributed by atoms with Crippen molar-refractivity contribution in [3.05, 3.63) is 55.7 Å². The quantitative estimate of drug-likeness (QED) is 0.607. The summed E-state index contributed by atoms with van der Waals surface area (Å²) < 4.78 is 18.7. The van der Waals surface area contributed by atoms with Crippen LogP contribution in [-0.2, 0) is 0 Å². The molecule has 0 fully saturated rings. The Labute approximate surface area is 138 Å². The molecule has 0 saturated carbocycles. The minimum Gasteiger partial charge on any atom is -0.496 e. The Morgan fingerprint density at radius 2 is 1.90 bits per heavy atom. The number of ether oxygens (including phenoxy) is 1. The minimum atomic E-state index is -0.542. The molecular weight excluding hydrogens is 384 g/mol. The molecular formula is C14H9BrCl2FNO2. The number of hydrogen-bond acceptors (Lipinski definition) is 3. The molecule has 0 aliphatic carbocycles. The van der Waals surface area contributed by atoms with E-state index < -0.39 is 11.6 Å². The average molecular weight is 393 g/mol.